The van der Waals surface area contributed by atoms with Gasteiger partial charge in [-0.25, -0.2) is 0 Å². The van der Waals surface area contributed by atoms with Gasteiger partial charge in [0.2, 0.25) is 0 Å². The molecule has 0 heterocycles. The van der Waals surface area contributed by atoms with Crippen molar-refractivity contribution in [2.75, 3.05) is 27.9 Å². The van der Waals surface area contributed by atoms with Gasteiger partial charge in [0, 0.05) is 6.04 Å². The summed E-state index contributed by atoms with van der Waals surface area (Å²) < 4.78 is 15.1. The van der Waals surface area contributed by atoms with Gasteiger partial charge in [-0.05, 0) is 26.0 Å². The summed E-state index contributed by atoms with van der Waals surface area (Å²) in [5, 5.41) is 0. The fraction of sp³-hybridized carbons (Fsp3) is 0.467. The van der Waals surface area contributed by atoms with E-state index >= 15 is 0 Å². The first-order chi connectivity index (χ1) is 9.96. The first-order valence-electron chi connectivity index (χ1n) is 6.55. The number of hydrogen-bond acceptors (Lipinski definition) is 5. The molecule has 1 rings (SSSR count). The third kappa shape index (κ3) is 3.87. The van der Waals surface area contributed by atoms with Crippen LogP contribution in [0.25, 0.3) is 0 Å². The van der Waals surface area contributed by atoms with Crippen LogP contribution >= 0.6 is 0 Å². The maximum Gasteiger partial charge on any atom is 0.325 e. The van der Waals surface area contributed by atoms with Crippen LogP contribution in [0.4, 0.5) is 0 Å². The van der Waals surface area contributed by atoms with Crippen LogP contribution in [0.15, 0.2) is 18.2 Å². The molecule has 116 valence electrons. The number of carbonyl (C=O) groups is 2. The number of benzene rings is 1. The Kier molecular flexibility index (Phi) is 6.02. The number of esters is 1. The van der Waals surface area contributed by atoms with E-state index < -0.39 is 5.97 Å². The van der Waals surface area contributed by atoms with Crippen LogP contribution in [0.1, 0.15) is 24.2 Å². The van der Waals surface area contributed by atoms with E-state index in [-0.39, 0.29) is 18.5 Å². The zero-order valence-corrected chi connectivity index (χ0v) is 13.0. The van der Waals surface area contributed by atoms with Crippen LogP contribution in [-0.2, 0) is 9.53 Å². The summed E-state index contributed by atoms with van der Waals surface area (Å²) in [7, 11) is 4.24. The highest BCUT2D eigenvalue weighted by molar-refractivity contribution is 6.01. The number of ether oxygens (including phenoxy) is 3. The van der Waals surface area contributed by atoms with Gasteiger partial charge < -0.3 is 19.1 Å². The minimum Gasteiger partial charge on any atom is -0.496 e. The quantitative estimate of drug-likeness (QED) is 0.748. The van der Waals surface area contributed by atoms with Gasteiger partial charge in [0.1, 0.15) is 23.6 Å². The second-order valence-corrected chi connectivity index (χ2v) is 4.64. The van der Waals surface area contributed by atoms with Crippen LogP contribution in [0, 0.1) is 0 Å². The number of amides is 1. The van der Waals surface area contributed by atoms with Crippen LogP contribution < -0.4 is 9.47 Å². The predicted molar refractivity (Wildman–Crippen MR) is 77.7 cm³/mol. The van der Waals surface area contributed by atoms with Crippen molar-refractivity contribution in [3.8, 4) is 11.5 Å². The number of nitrogens with zero attached hydrogens (tertiary/aromatic N) is 1. The molecule has 0 saturated heterocycles. The molecule has 0 aliphatic rings. The molecule has 0 bridgehead atoms. The molecule has 6 heteroatoms. The molecule has 0 aliphatic heterocycles. The van der Waals surface area contributed by atoms with Crippen LogP contribution in [0.2, 0.25) is 0 Å². The van der Waals surface area contributed by atoms with E-state index in [2.05, 4.69) is 4.74 Å². The van der Waals surface area contributed by atoms with Gasteiger partial charge in [-0.3, -0.25) is 9.59 Å². The fourth-order valence-electron chi connectivity index (χ4n) is 1.90. The second-order valence-electron chi connectivity index (χ2n) is 4.64. The predicted octanol–water partition coefficient (Wildman–Crippen LogP) is 1.73. The molecule has 1 aromatic rings. The molecule has 0 radical (unpaired) electrons. The van der Waals surface area contributed by atoms with Crippen molar-refractivity contribution < 1.29 is 23.8 Å². The molecule has 0 saturated carbocycles. The normalized spacial score (nSPS) is 10.2. The molecule has 0 N–H and O–H groups in total. The zero-order valence-electron chi connectivity index (χ0n) is 13.0. The van der Waals surface area contributed by atoms with Gasteiger partial charge in [0.15, 0.2) is 0 Å². The molecule has 0 unspecified atom stereocenters. The molecule has 0 aromatic heterocycles. The summed E-state index contributed by atoms with van der Waals surface area (Å²) in [4.78, 5) is 25.7. The molecule has 1 amide bonds. The highest BCUT2D eigenvalue weighted by Crippen LogP contribution is 2.30. The van der Waals surface area contributed by atoms with Gasteiger partial charge in [0.25, 0.3) is 5.91 Å². The van der Waals surface area contributed by atoms with E-state index in [0.29, 0.717) is 17.1 Å². The Bertz CT molecular complexity index is 491. The monoisotopic (exact) mass is 295 g/mol. The SMILES string of the molecule is COC(=O)CN(C(=O)c1c(OC)cccc1OC)C(C)C. The molecular formula is C15H21NO5. The van der Waals surface area contributed by atoms with Crippen LogP contribution in [-0.4, -0.2) is 50.7 Å². The van der Waals surface area contributed by atoms with E-state index in [1.165, 1.54) is 26.2 Å². The molecule has 0 atom stereocenters. The third-order valence-electron chi connectivity index (χ3n) is 3.05. The standard InChI is InChI=1S/C15H21NO5/c1-10(2)16(9-13(17)21-5)15(18)14-11(19-3)7-6-8-12(14)20-4/h6-8,10H,9H2,1-5H3. The number of hydrogen-bond donors (Lipinski definition) is 0. The van der Waals surface area contributed by atoms with Gasteiger partial charge in [-0.1, -0.05) is 6.07 Å². The maximum atomic E-state index is 12.8. The van der Waals surface area contributed by atoms with Crippen molar-refractivity contribution >= 4 is 11.9 Å². The Morgan fingerprint density at radius 2 is 1.62 bits per heavy atom. The van der Waals surface area contributed by atoms with E-state index in [9.17, 15) is 9.59 Å². The molecule has 0 spiro atoms. The maximum absolute atomic E-state index is 12.8. The van der Waals surface area contributed by atoms with Crippen molar-refractivity contribution in [2.24, 2.45) is 0 Å². The van der Waals surface area contributed by atoms with Crippen LogP contribution in [0.5, 0.6) is 11.5 Å². The topological polar surface area (TPSA) is 65.1 Å². The van der Waals surface area contributed by atoms with Gasteiger partial charge >= 0.3 is 5.97 Å². The zero-order chi connectivity index (χ0) is 16.0. The Hall–Kier alpha value is -2.24. The van der Waals surface area contributed by atoms with Crippen molar-refractivity contribution in [3.05, 3.63) is 23.8 Å². The van der Waals surface area contributed by atoms with Gasteiger partial charge in [-0.15, -0.1) is 0 Å². The molecule has 6 nitrogen and oxygen atoms in total. The average Bonchev–Trinajstić information content (AvgIpc) is 2.50. The van der Waals surface area contributed by atoms with Crippen molar-refractivity contribution in [3.63, 3.8) is 0 Å². The fourth-order valence-corrected chi connectivity index (χ4v) is 1.90. The molecule has 0 aliphatic carbocycles. The average molecular weight is 295 g/mol. The number of methoxy groups -OCH3 is 3. The minimum absolute atomic E-state index is 0.131. The van der Waals surface area contributed by atoms with Crippen molar-refractivity contribution in [1.82, 2.24) is 4.90 Å². The number of rotatable bonds is 6. The summed E-state index contributed by atoms with van der Waals surface area (Å²) in [6, 6.07) is 4.90. The Morgan fingerprint density at radius 3 is 2.00 bits per heavy atom. The largest absolute Gasteiger partial charge is 0.496 e. The first kappa shape index (κ1) is 16.8. The van der Waals surface area contributed by atoms with Crippen LogP contribution in [0.3, 0.4) is 0 Å². The highest BCUT2D eigenvalue weighted by Gasteiger charge is 2.27. The van der Waals surface area contributed by atoms with Crippen molar-refractivity contribution in [2.45, 2.75) is 19.9 Å². The lowest BCUT2D eigenvalue weighted by molar-refractivity contribution is -0.141. The Labute approximate surface area is 124 Å². The van der Waals surface area contributed by atoms with E-state index in [0.717, 1.165) is 0 Å². The summed E-state index contributed by atoms with van der Waals surface area (Å²) in [5.41, 5.74) is 0.292. The van der Waals surface area contributed by atoms with Crippen molar-refractivity contribution in [1.29, 1.82) is 0 Å². The highest BCUT2D eigenvalue weighted by atomic mass is 16.5. The molecule has 21 heavy (non-hydrogen) atoms. The second kappa shape index (κ2) is 7.52. The molecule has 1 aromatic carbocycles. The lowest BCUT2D eigenvalue weighted by atomic mass is 10.1. The smallest absolute Gasteiger partial charge is 0.325 e. The lowest BCUT2D eigenvalue weighted by Gasteiger charge is -2.26. The summed E-state index contributed by atoms with van der Waals surface area (Å²) >= 11 is 0. The van der Waals surface area contributed by atoms with E-state index in [1.54, 1.807) is 18.2 Å². The molecule has 0 fully saturated rings. The number of carbonyl (C=O) groups excluding carboxylic acids is 2. The third-order valence-corrected chi connectivity index (χ3v) is 3.05. The van der Waals surface area contributed by atoms with Gasteiger partial charge in [-0.2, -0.15) is 0 Å². The molecular weight excluding hydrogens is 274 g/mol. The van der Waals surface area contributed by atoms with Gasteiger partial charge in [0.05, 0.1) is 21.3 Å². The Morgan fingerprint density at radius 1 is 1.10 bits per heavy atom. The summed E-state index contributed by atoms with van der Waals surface area (Å²) in [6.07, 6.45) is 0. The summed E-state index contributed by atoms with van der Waals surface area (Å²) in [6.45, 7) is 3.51. The minimum atomic E-state index is -0.481. The lowest BCUT2D eigenvalue weighted by Crippen LogP contribution is -2.41. The van der Waals surface area contributed by atoms with E-state index in [4.69, 9.17) is 9.47 Å². The Balaban J connectivity index is 3.23. The van der Waals surface area contributed by atoms with E-state index in [1.807, 2.05) is 13.8 Å². The summed E-state index contributed by atoms with van der Waals surface area (Å²) in [5.74, 6) is -0.0275. The first-order valence-corrected chi connectivity index (χ1v) is 6.55.